The molecule has 1 unspecified atom stereocenters. The van der Waals surface area contributed by atoms with Gasteiger partial charge in [0, 0.05) is 32.1 Å². The SMILES string of the molecule is C=CC/C(=C\C=C(/C)CC1CC1)N1CCC2=C(C1=O)C(N)N(C)C(OC)=N2. The van der Waals surface area contributed by atoms with Gasteiger partial charge >= 0.3 is 0 Å². The van der Waals surface area contributed by atoms with Crippen LogP contribution in [-0.2, 0) is 9.53 Å². The average Bonchev–Trinajstić information content (AvgIpc) is 3.46. The summed E-state index contributed by atoms with van der Waals surface area (Å²) in [5.74, 6) is 0.779. The number of amidine groups is 1. The number of hydrogen-bond acceptors (Lipinski definition) is 5. The maximum atomic E-state index is 13.2. The predicted octanol–water partition coefficient (Wildman–Crippen LogP) is 2.91. The second-order valence-corrected chi connectivity index (χ2v) is 7.53. The Morgan fingerprint density at radius 3 is 2.78 bits per heavy atom. The predicted molar refractivity (Wildman–Crippen MR) is 108 cm³/mol. The van der Waals surface area contributed by atoms with Crippen molar-refractivity contribution in [3.63, 3.8) is 0 Å². The number of likely N-dealkylation sites (N-methyl/N-ethyl adjacent to an activating group) is 1. The first-order valence-electron chi connectivity index (χ1n) is 9.59. The average molecular weight is 370 g/mol. The lowest BCUT2D eigenvalue weighted by molar-refractivity contribution is -0.126. The molecule has 3 rings (SSSR count). The zero-order valence-corrected chi connectivity index (χ0v) is 16.6. The van der Waals surface area contributed by atoms with E-state index >= 15 is 0 Å². The van der Waals surface area contributed by atoms with Crippen LogP contribution >= 0.6 is 0 Å². The van der Waals surface area contributed by atoms with Crippen LogP contribution in [0.15, 0.2) is 52.3 Å². The molecule has 146 valence electrons. The monoisotopic (exact) mass is 370 g/mol. The highest BCUT2D eigenvalue weighted by Crippen LogP contribution is 2.35. The summed E-state index contributed by atoms with van der Waals surface area (Å²) < 4.78 is 5.28. The molecule has 0 spiro atoms. The Morgan fingerprint density at radius 1 is 1.41 bits per heavy atom. The van der Waals surface area contributed by atoms with Crippen LogP contribution in [0.2, 0.25) is 0 Å². The first kappa shape index (κ1) is 19.4. The van der Waals surface area contributed by atoms with Crippen LogP contribution in [0.1, 0.15) is 39.0 Å². The van der Waals surface area contributed by atoms with Crippen LogP contribution < -0.4 is 5.73 Å². The lowest BCUT2D eigenvalue weighted by Gasteiger charge is -2.38. The molecule has 1 fully saturated rings. The lowest BCUT2D eigenvalue weighted by atomic mass is 9.99. The van der Waals surface area contributed by atoms with Gasteiger partial charge in [0.1, 0.15) is 6.17 Å². The molecule has 6 heteroatoms. The zero-order valence-electron chi connectivity index (χ0n) is 16.6. The molecule has 27 heavy (non-hydrogen) atoms. The van der Waals surface area contributed by atoms with E-state index in [0.717, 1.165) is 23.7 Å². The number of nitrogens with two attached hydrogens (primary N) is 1. The fraction of sp³-hybridized carbons (Fsp3) is 0.524. The van der Waals surface area contributed by atoms with Crippen molar-refractivity contribution in [1.82, 2.24) is 9.80 Å². The molecule has 0 radical (unpaired) electrons. The van der Waals surface area contributed by atoms with Gasteiger partial charge in [-0.05, 0) is 38.2 Å². The lowest BCUT2D eigenvalue weighted by Crippen LogP contribution is -2.53. The number of allylic oxidation sites excluding steroid dienone is 4. The topological polar surface area (TPSA) is 71.2 Å². The molecule has 0 aromatic carbocycles. The van der Waals surface area contributed by atoms with E-state index in [1.807, 2.05) is 11.0 Å². The number of aliphatic imine (C=N–C) groups is 1. The second kappa shape index (κ2) is 8.13. The Labute approximate surface area is 161 Å². The van der Waals surface area contributed by atoms with E-state index in [4.69, 9.17) is 10.5 Å². The van der Waals surface area contributed by atoms with Gasteiger partial charge in [-0.3, -0.25) is 4.79 Å². The zero-order chi connectivity index (χ0) is 19.6. The molecule has 0 aromatic heterocycles. The quantitative estimate of drug-likeness (QED) is 0.576. The summed E-state index contributed by atoms with van der Waals surface area (Å²) in [6, 6.07) is 0.447. The number of nitrogens with zero attached hydrogens (tertiary/aromatic N) is 3. The molecule has 1 atom stereocenters. The third-order valence-electron chi connectivity index (χ3n) is 5.35. The Hall–Kier alpha value is -2.34. The highest BCUT2D eigenvalue weighted by atomic mass is 16.5. The number of hydrogen-bond donors (Lipinski definition) is 1. The van der Waals surface area contributed by atoms with Gasteiger partial charge in [0.2, 0.25) is 0 Å². The molecule has 2 N–H and O–H groups in total. The molecule has 1 amide bonds. The van der Waals surface area contributed by atoms with Crippen molar-refractivity contribution in [2.45, 2.75) is 45.2 Å². The van der Waals surface area contributed by atoms with Gasteiger partial charge in [-0.25, -0.2) is 4.99 Å². The molecule has 0 bridgehead atoms. The van der Waals surface area contributed by atoms with Crippen LogP contribution in [0.25, 0.3) is 0 Å². The van der Waals surface area contributed by atoms with Crippen molar-refractivity contribution >= 4 is 11.9 Å². The smallest absolute Gasteiger partial charge is 0.293 e. The van der Waals surface area contributed by atoms with Gasteiger partial charge in [-0.1, -0.05) is 17.7 Å². The van der Waals surface area contributed by atoms with Gasteiger partial charge in [-0.2, -0.15) is 0 Å². The van der Waals surface area contributed by atoms with E-state index in [2.05, 4.69) is 30.6 Å². The van der Waals surface area contributed by atoms with Crippen molar-refractivity contribution in [2.24, 2.45) is 16.6 Å². The summed E-state index contributed by atoms with van der Waals surface area (Å²) in [6.07, 6.45) is 10.6. The second-order valence-electron chi connectivity index (χ2n) is 7.53. The summed E-state index contributed by atoms with van der Waals surface area (Å²) in [6.45, 7) is 6.60. The molecule has 6 nitrogen and oxygen atoms in total. The Balaban J connectivity index is 1.85. The van der Waals surface area contributed by atoms with E-state index in [0.29, 0.717) is 31.0 Å². The fourth-order valence-corrected chi connectivity index (χ4v) is 3.61. The maximum Gasteiger partial charge on any atom is 0.293 e. The van der Waals surface area contributed by atoms with Gasteiger partial charge in [0.25, 0.3) is 11.9 Å². The molecule has 1 aliphatic carbocycles. The van der Waals surface area contributed by atoms with E-state index in [1.54, 1.807) is 19.1 Å². The Morgan fingerprint density at radius 2 is 2.15 bits per heavy atom. The number of carbonyl (C=O) groups is 1. The Kier molecular flexibility index (Phi) is 5.85. The minimum atomic E-state index is -0.556. The van der Waals surface area contributed by atoms with E-state index < -0.39 is 6.17 Å². The highest BCUT2D eigenvalue weighted by Gasteiger charge is 2.38. The number of amides is 1. The first-order valence-corrected chi connectivity index (χ1v) is 9.59. The molecule has 0 saturated heterocycles. The fourth-order valence-electron chi connectivity index (χ4n) is 3.61. The highest BCUT2D eigenvalue weighted by molar-refractivity contribution is 5.99. The van der Waals surface area contributed by atoms with Crippen LogP contribution in [0.5, 0.6) is 0 Å². The normalized spacial score (nSPS) is 24.1. The van der Waals surface area contributed by atoms with E-state index in [-0.39, 0.29) is 5.91 Å². The minimum absolute atomic E-state index is 0.0733. The molecule has 2 heterocycles. The third-order valence-corrected chi connectivity index (χ3v) is 5.35. The largest absolute Gasteiger partial charge is 0.468 e. The number of rotatable bonds is 6. The number of carbonyl (C=O) groups excluding carboxylic acids is 1. The van der Waals surface area contributed by atoms with Gasteiger partial charge < -0.3 is 20.3 Å². The van der Waals surface area contributed by atoms with Crippen LogP contribution in [0, 0.1) is 5.92 Å². The number of ether oxygens (including phenoxy) is 1. The molecule has 3 aliphatic rings. The summed E-state index contributed by atoms with van der Waals surface area (Å²) in [4.78, 5) is 21.2. The van der Waals surface area contributed by atoms with Crippen LogP contribution in [0.4, 0.5) is 0 Å². The molecule has 1 saturated carbocycles. The van der Waals surface area contributed by atoms with Gasteiger partial charge in [0.05, 0.1) is 18.4 Å². The third kappa shape index (κ3) is 4.16. The summed E-state index contributed by atoms with van der Waals surface area (Å²) >= 11 is 0. The maximum absolute atomic E-state index is 13.2. The number of methoxy groups -OCH3 is 1. The summed E-state index contributed by atoms with van der Waals surface area (Å²) in [7, 11) is 3.35. The van der Waals surface area contributed by atoms with Crippen molar-refractivity contribution in [3.05, 3.63) is 47.3 Å². The molecule has 0 aromatic rings. The van der Waals surface area contributed by atoms with Crippen molar-refractivity contribution in [3.8, 4) is 0 Å². The summed E-state index contributed by atoms with van der Waals surface area (Å²) in [5.41, 5.74) is 9.91. The van der Waals surface area contributed by atoms with Gasteiger partial charge in [-0.15, -0.1) is 6.58 Å². The van der Waals surface area contributed by atoms with E-state index in [9.17, 15) is 4.79 Å². The minimum Gasteiger partial charge on any atom is -0.468 e. The first-order chi connectivity index (χ1) is 13.0. The molecule has 2 aliphatic heterocycles. The summed E-state index contributed by atoms with van der Waals surface area (Å²) in [5, 5.41) is 0. The van der Waals surface area contributed by atoms with Crippen LogP contribution in [0.3, 0.4) is 0 Å². The van der Waals surface area contributed by atoms with Crippen molar-refractivity contribution in [1.29, 1.82) is 0 Å². The standard InChI is InChI=1S/C21H30N4O2/c1-5-6-16(10-7-14(2)13-15-8-9-15)25-12-11-17-18(20(25)26)19(22)24(3)21(23-17)27-4/h5,7,10,15,19H,1,6,8-9,11-13,22H2,2-4H3/b14-7+,16-10+. The molecular formula is C21H30N4O2. The van der Waals surface area contributed by atoms with Gasteiger partial charge in [0.15, 0.2) is 0 Å². The van der Waals surface area contributed by atoms with E-state index in [1.165, 1.54) is 18.4 Å². The van der Waals surface area contributed by atoms with Crippen LogP contribution in [-0.4, -0.2) is 48.6 Å². The van der Waals surface area contributed by atoms with Crippen molar-refractivity contribution < 1.29 is 9.53 Å². The van der Waals surface area contributed by atoms with Crippen molar-refractivity contribution in [2.75, 3.05) is 20.7 Å². The Bertz CT molecular complexity index is 743. The molecular weight excluding hydrogens is 340 g/mol.